The summed E-state index contributed by atoms with van der Waals surface area (Å²) in [6.07, 6.45) is 9.21. The van der Waals surface area contributed by atoms with Crippen LogP contribution in [0, 0.1) is 0 Å². The first kappa shape index (κ1) is 20.6. The number of likely N-dealkylation sites (tertiary alicyclic amines) is 1. The van der Waals surface area contributed by atoms with Crippen LogP contribution in [0.3, 0.4) is 0 Å². The smallest absolute Gasteiger partial charge is 0.251 e. The standard InChI is InChI=1S/C24H32ClN3O/c1-16-7-5-8-17(2)28(16)14-6-13-26-24(29)18-11-12-20-22(15-18)27-21-10-4-3-9-19(21)23(20)25/h11-12,15-17H,3-10,13-14H2,1-2H3,(H,26,29)/t16-,17+. The number of pyridine rings is 1. The van der Waals surface area contributed by atoms with E-state index in [4.69, 9.17) is 16.6 Å². The molecule has 1 saturated heterocycles. The molecule has 0 bridgehead atoms. The summed E-state index contributed by atoms with van der Waals surface area (Å²) in [5.41, 5.74) is 3.80. The summed E-state index contributed by atoms with van der Waals surface area (Å²) in [6.45, 7) is 6.38. The number of fused-ring (bicyclic) bond motifs is 2. The summed E-state index contributed by atoms with van der Waals surface area (Å²) in [4.78, 5) is 20.1. The van der Waals surface area contributed by atoms with Crippen molar-refractivity contribution in [3.05, 3.63) is 40.0 Å². The zero-order chi connectivity index (χ0) is 20.4. The van der Waals surface area contributed by atoms with Crippen LogP contribution in [0.5, 0.6) is 0 Å². The Balaban J connectivity index is 1.38. The van der Waals surface area contributed by atoms with Crippen molar-refractivity contribution in [3.63, 3.8) is 0 Å². The van der Waals surface area contributed by atoms with E-state index in [2.05, 4.69) is 24.1 Å². The molecule has 0 saturated carbocycles. The van der Waals surface area contributed by atoms with E-state index in [9.17, 15) is 4.79 Å². The summed E-state index contributed by atoms with van der Waals surface area (Å²) in [6, 6.07) is 7.01. The first-order valence-corrected chi connectivity index (χ1v) is 11.6. The fraction of sp³-hybridized carbons (Fsp3) is 0.583. The van der Waals surface area contributed by atoms with E-state index in [1.807, 2.05) is 18.2 Å². The van der Waals surface area contributed by atoms with Crippen molar-refractivity contribution in [2.24, 2.45) is 0 Å². The highest BCUT2D eigenvalue weighted by Crippen LogP contribution is 2.33. The Labute approximate surface area is 179 Å². The molecule has 156 valence electrons. The van der Waals surface area contributed by atoms with Crippen molar-refractivity contribution in [3.8, 4) is 0 Å². The van der Waals surface area contributed by atoms with E-state index in [-0.39, 0.29) is 5.91 Å². The van der Waals surface area contributed by atoms with E-state index >= 15 is 0 Å². The Morgan fingerprint density at radius 3 is 2.72 bits per heavy atom. The molecule has 1 aliphatic carbocycles. The second-order valence-corrected chi connectivity index (χ2v) is 9.14. The lowest BCUT2D eigenvalue weighted by Crippen LogP contribution is -2.44. The number of halogens is 1. The molecule has 1 aliphatic heterocycles. The van der Waals surface area contributed by atoms with Gasteiger partial charge >= 0.3 is 0 Å². The summed E-state index contributed by atoms with van der Waals surface area (Å²) >= 11 is 6.65. The number of aromatic nitrogens is 1. The lowest BCUT2D eigenvalue weighted by atomic mass is 9.94. The van der Waals surface area contributed by atoms with Gasteiger partial charge in [0, 0.05) is 41.8 Å². The molecule has 1 N–H and O–H groups in total. The molecule has 1 aromatic heterocycles. The third kappa shape index (κ3) is 4.44. The predicted octanol–water partition coefficient (Wildman–Crippen LogP) is 5.15. The second-order valence-electron chi connectivity index (χ2n) is 8.77. The number of benzene rings is 1. The van der Waals surface area contributed by atoms with Crippen LogP contribution in [0.1, 0.15) is 74.0 Å². The van der Waals surface area contributed by atoms with Crippen molar-refractivity contribution < 1.29 is 4.79 Å². The molecule has 0 unspecified atom stereocenters. The van der Waals surface area contributed by atoms with Crippen molar-refractivity contribution in [2.45, 2.75) is 77.3 Å². The van der Waals surface area contributed by atoms with Crippen LogP contribution in [-0.2, 0) is 12.8 Å². The summed E-state index contributed by atoms with van der Waals surface area (Å²) < 4.78 is 0. The van der Waals surface area contributed by atoms with Gasteiger partial charge in [-0.1, -0.05) is 24.1 Å². The minimum absolute atomic E-state index is 0.0257. The molecule has 0 spiro atoms. The van der Waals surface area contributed by atoms with Gasteiger partial charge in [0.2, 0.25) is 0 Å². The molecule has 4 nitrogen and oxygen atoms in total. The maximum absolute atomic E-state index is 12.7. The molecular weight excluding hydrogens is 382 g/mol. The third-order valence-electron chi connectivity index (χ3n) is 6.71. The molecule has 29 heavy (non-hydrogen) atoms. The van der Waals surface area contributed by atoms with Crippen LogP contribution < -0.4 is 5.32 Å². The average molecular weight is 414 g/mol. The van der Waals surface area contributed by atoms with Gasteiger partial charge < -0.3 is 5.32 Å². The largest absolute Gasteiger partial charge is 0.352 e. The number of hydrogen-bond acceptors (Lipinski definition) is 3. The number of carbonyl (C=O) groups excluding carboxylic acids is 1. The van der Waals surface area contributed by atoms with Crippen molar-refractivity contribution in [1.29, 1.82) is 0 Å². The van der Waals surface area contributed by atoms with Crippen LogP contribution in [-0.4, -0.2) is 41.0 Å². The lowest BCUT2D eigenvalue weighted by molar-refractivity contribution is 0.0925. The summed E-state index contributed by atoms with van der Waals surface area (Å²) in [5.74, 6) is -0.0257. The molecule has 2 atom stereocenters. The normalized spacial score (nSPS) is 22.4. The highest BCUT2D eigenvalue weighted by atomic mass is 35.5. The Morgan fingerprint density at radius 2 is 1.93 bits per heavy atom. The molecule has 1 aromatic carbocycles. The van der Waals surface area contributed by atoms with Gasteiger partial charge in [-0.3, -0.25) is 14.7 Å². The van der Waals surface area contributed by atoms with Gasteiger partial charge in [0.1, 0.15) is 0 Å². The van der Waals surface area contributed by atoms with Gasteiger partial charge in [0.25, 0.3) is 5.91 Å². The molecule has 4 rings (SSSR count). The second kappa shape index (κ2) is 9.01. The minimum atomic E-state index is -0.0257. The number of hydrogen-bond donors (Lipinski definition) is 1. The topological polar surface area (TPSA) is 45.2 Å². The number of rotatable bonds is 5. The molecule has 2 aromatic rings. The highest BCUT2D eigenvalue weighted by Gasteiger charge is 2.24. The van der Waals surface area contributed by atoms with E-state index in [0.717, 1.165) is 53.8 Å². The Morgan fingerprint density at radius 1 is 1.17 bits per heavy atom. The number of aryl methyl sites for hydroxylation is 1. The quantitative estimate of drug-likeness (QED) is 0.689. The fourth-order valence-corrected chi connectivity index (χ4v) is 5.35. The van der Waals surface area contributed by atoms with E-state index in [0.29, 0.717) is 24.2 Å². The number of nitrogens with zero attached hydrogens (tertiary/aromatic N) is 2. The van der Waals surface area contributed by atoms with Crippen molar-refractivity contribution in [2.75, 3.05) is 13.1 Å². The molecule has 2 heterocycles. The van der Waals surface area contributed by atoms with Crippen LogP contribution in [0.15, 0.2) is 18.2 Å². The minimum Gasteiger partial charge on any atom is -0.352 e. The third-order valence-corrected chi connectivity index (χ3v) is 7.14. The van der Waals surface area contributed by atoms with E-state index in [1.165, 1.54) is 31.2 Å². The molecule has 1 amide bonds. The van der Waals surface area contributed by atoms with Crippen LogP contribution in [0.4, 0.5) is 0 Å². The molecule has 0 radical (unpaired) electrons. The van der Waals surface area contributed by atoms with Gasteiger partial charge in [0.05, 0.1) is 10.5 Å². The van der Waals surface area contributed by atoms with Crippen molar-refractivity contribution in [1.82, 2.24) is 15.2 Å². The summed E-state index contributed by atoms with van der Waals surface area (Å²) in [7, 11) is 0. The number of carbonyl (C=O) groups is 1. The van der Waals surface area contributed by atoms with Gasteiger partial charge in [-0.25, -0.2) is 0 Å². The number of amides is 1. The Kier molecular flexibility index (Phi) is 6.41. The Bertz CT molecular complexity index is 887. The monoisotopic (exact) mass is 413 g/mol. The first-order valence-electron chi connectivity index (χ1n) is 11.2. The van der Waals surface area contributed by atoms with Gasteiger partial charge in [-0.2, -0.15) is 0 Å². The SMILES string of the molecule is C[C@@H]1CCC[C@H](C)N1CCCNC(=O)c1ccc2c(Cl)c3c(nc2c1)CCCC3. The number of piperidine rings is 1. The maximum Gasteiger partial charge on any atom is 0.251 e. The first-order chi connectivity index (χ1) is 14.0. The maximum atomic E-state index is 12.7. The fourth-order valence-electron chi connectivity index (χ4n) is 4.99. The average Bonchev–Trinajstić information content (AvgIpc) is 2.72. The molecule has 1 fully saturated rings. The number of nitrogens with one attached hydrogen (secondary N) is 1. The van der Waals surface area contributed by atoms with Crippen LogP contribution in [0.25, 0.3) is 10.9 Å². The van der Waals surface area contributed by atoms with Crippen LogP contribution in [0.2, 0.25) is 5.02 Å². The van der Waals surface area contributed by atoms with Gasteiger partial charge in [-0.05, 0) is 76.5 Å². The molecule has 5 heteroatoms. The zero-order valence-electron chi connectivity index (χ0n) is 17.6. The summed E-state index contributed by atoms with van der Waals surface area (Å²) in [5, 5.41) is 4.86. The zero-order valence-corrected chi connectivity index (χ0v) is 18.4. The molecular formula is C24H32ClN3O. The lowest BCUT2D eigenvalue weighted by Gasteiger charge is -2.39. The molecule has 2 aliphatic rings. The highest BCUT2D eigenvalue weighted by molar-refractivity contribution is 6.36. The van der Waals surface area contributed by atoms with Gasteiger partial charge in [-0.15, -0.1) is 0 Å². The van der Waals surface area contributed by atoms with E-state index < -0.39 is 0 Å². The Hall–Kier alpha value is -1.65. The predicted molar refractivity (Wildman–Crippen MR) is 120 cm³/mol. The van der Waals surface area contributed by atoms with E-state index in [1.54, 1.807) is 0 Å². The van der Waals surface area contributed by atoms with Crippen molar-refractivity contribution >= 4 is 28.4 Å². The van der Waals surface area contributed by atoms with Crippen LogP contribution >= 0.6 is 11.6 Å². The van der Waals surface area contributed by atoms with Gasteiger partial charge in [0.15, 0.2) is 0 Å².